The molecule has 0 aromatic rings. The first-order chi connectivity index (χ1) is 7.26. The lowest BCUT2D eigenvalue weighted by Crippen LogP contribution is -2.47. The van der Waals surface area contributed by atoms with E-state index in [2.05, 4.69) is 33.9 Å². The molecule has 0 aliphatic carbocycles. The summed E-state index contributed by atoms with van der Waals surface area (Å²) >= 11 is 0. The van der Waals surface area contributed by atoms with Crippen LogP contribution in [0.2, 0.25) is 18.1 Å². The van der Waals surface area contributed by atoms with Crippen LogP contribution in [0.4, 0.5) is 0 Å². The van der Waals surface area contributed by atoms with E-state index in [-0.39, 0.29) is 23.7 Å². The lowest BCUT2D eigenvalue weighted by atomic mass is 10.0. The molecule has 0 aromatic carbocycles. The Labute approximate surface area is 100 Å². The first-order valence-electron chi connectivity index (χ1n) is 6.12. The van der Waals surface area contributed by atoms with Gasteiger partial charge in [-0.25, -0.2) is 0 Å². The van der Waals surface area contributed by atoms with E-state index in [0.29, 0.717) is 13.2 Å². The van der Waals surface area contributed by atoms with Gasteiger partial charge in [0.15, 0.2) is 8.32 Å². The molecule has 1 aliphatic heterocycles. The second-order valence-corrected chi connectivity index (χ2v) is 11.1. The van der Waals surface area contributed by atoms with Gasteiger partial charge >= 0.3 is 0 Å². The molecule has 16 heavy (non-hydrogen) atoms. The van der Waals surface area contributed by atoms with Gasteiger partial charge in [-0.3, -0.25) is 0 Å². The summed E-state index contributed by atoms with van der Waals surface area (Å²) in [5.74, 6) is 0.253. The third kappa shape index (κ3) is 3.55. The molecule has 1 N–H and O–H groups in total. The topological polar surface area (TPSA) is 38.7 Å². The van der Waals surface area contributed by atoms with Crippen LogP contribution in [0, 0.1) is 5.92 Å². The number of aliphatic hydroxyl groups is 1. The van der Waals surface area contributed by atoms with E-state index in [1.165, 1.54) is 0 Å². The first-order valence-corrected chi connectivity index (χ1v) is 9.03. The Kier molecular flexibility index (Phi) is 4.57. The first kappa shape index (κ1) is 14.2. The lowest BCUT2D eigenvalue weighted by Gasteiger charge is -2.41. The predicted molar refractivity (Wildman–Crippen MR) is 68.1 cm³/mol. The van der Waals surface area contributed by atoms with E-state index in [1.807, 2.05) is 0 Å². The number of hydrogen-bond acceptors (Lipinski definition) is 3. The summed E-state index contributed by atoms with van der Waals surface area (Å²) in [5, 5.41) is 9.38. The summed E-state index contributed by atoms with van der Waals surface area (Å²) in [4.78, 5) is 0. The van der Waals surface area contributed by atoms with Gasteiger partial charge in [0, 0.05) is 12.5 Å². The number of aliphatic hydroxyl groups excluding tert-OH is 1. The highest BCUT2D eigenvalue weighted by molar-refractivity contribution is 6.74. The van der Waals surface area contributed by atoms with E-state index < -0.39 is 8.32 Å². The van der Waals surface area contributed by atoms with E-state index in [9.17, 15) is 0 Å². The molecule has 1 fully saturated rings. The highest BCUT2D eigenvalue weighted by Crippen LogP contribution is 2.38. The highest BCUT2D eigenvalue weighted by Gasteiger charge is 2.40. The van der Waals surface area contributed by atoms with E-state index in [4.69, 9.17) is 14.3 Å². The third-order valence-corrected chi connectivity index (χ3v) is 8.31. The molecule has 2 atom stereocenters. The minimum Gasteiger partial charge on any atom is -0.412 e. The smallest absolute Gasteiger partial charge is 0.192 e. The van der Waals surface area contributed by atoms with Crippen LogP contribution < -0.4 is 0 Å². The van der Waals surface area contributed by atoms with Crippen LogP contribution in [-0.4, -0.2) is 39.3 Å². The van der Waals surface area contributed by atoms with Crippen LogP contribution in [0.3, 0.4) is 0 Å². The summed E-state index contributed by atoms with van der Waals surface area (Å²) in [6.45, 7) is 12.8. The Morgan fingerprint density at radius 1 is 1.31 bits per heavy atom. The van der Waals surface area contributed by atoms with Gasteiger partial charge in [-0.2, -0.15) is 0 Å². The molecule has 1 saturated heterocycles. The molecule has 0 saturated carbocycles. The molecule has 1 rings (SSSR count). The summed E-state index contributed by atoms with van der Waals surface area (Å²) in [5.41, 5.74) is 0. The predicted octanol–water partition coefficient (Wildman–Crippen LogP) is 2.41. The van der Waals surface area contributed by atoms with Crippen molar-refractivity contribution in [1.29, 1.82) is 0 Å². The van der Waals surface area contributed by atoms with Crippen molar-refractivity contribution in [2.24, 2.45) is 5.92 Å². The summed E-state index contributed by atoms with van der Waals surface area (Å²) < 4.78 is 11.8. The molecule has 0 radical (unpaired) electrons. The van der Waals surface area contributed by atoms with Gasteiger partial charge in [-0.15, -0.1) is 0 Å². The van der Waals surface area contributed by atoms with Gasteiger partial charge in [0.05, 0.1) is 19.3 Å². The zero-order valence-electron chi connectivity index (χ0n) is 11.2. The van der Waals surface area contributed by atoms with Crippen LogP contribution in [-0.2, 0) is 9.16 Å². The van der Waals surface area contributed by atoms with Crippen molar-refractivity contribution in [2.75, 3.05) is 19.8 Å². The van der Waals surface area contributed by atoms with Gasteiger partial charge in [-0.05, 0) is 24.6 Å². The maximum Gasteiger partial charge on any atom is 0.192 e. The van der Waals surface area contributed by atoms with Crippen molar-refractivity contribution in [2.45, 2.75) is 51.4 Å². The maximum absolute atomic E-state index is 9.14. The Balaban J connectivity index is 2.53. The number of ether oxygens (including phenoxy) is 1. The largest absolute Gasteiger partial charge is 0.412 e. The van der Waals surface area contributed by atoms with Gasteiger partial charge < -0.3 is 14.3 Å². The van der Waals surface area contributed by atoms with Gasteiger partial charge in [0.1, 0.15) is 0 Å². The molecule has 0 aromatic heterocycles. The molecule has 0 bridgehead atoms. The Morgan fingerprint density at radius 2 is 1.94 bits per heavy atom. The van der Waals surface area contributed by atoms with Crippen molar-refractivity contribution in [3.63, 3.8) is 0 Å². The summed E-state index contributed by atoms with van der Waals surface area (Å²) in [6.07, 6.45) is 1.11. The SMILES string of the molecule is CC(C)(C)[Si](C)(C)O[C@@H]1COC[C@@H](CO)C1. The van der Waals surface area contributed by atoms with Crippen LogP contribution in [0.25, 0.3) is 0 Å². The molecule has 0 unspecified atom stereocenters. The maximum atomic E-state index is 9.14. The Hall–Kier alpha value is 0.0969. The monoisotopic (exact) mass is 246 g/mol. The van der Waals surface area contributed by atoms with Gasteiger partial charge in [0.2, 0.25) is 0 Å². The molecular formula is C12H26O3Si. The molecule has 0 amide bonds. The standard InChI is InChI=1S/C12H26O3Si/c1-12(2,3)16(4,5)15-11-6-10(7-13)8-14-9-11/h10-11,13H,6-9H2,1-5H3/t10-,11+/m1/s1. The van der Waals surface area contributed by atoms with Crippen LogP contribution in [0.1, 0.15) is 27.2 Å². The fourth-order valence-electron chi connectivity index (χ4n) is 1.68. The van der Waals surface area contributed by atoms with E-state index in [0.717, 1.165) is 6.42 Å². The average molecular weight is 246 g/mol. The fraction of sp³-hybridized carbons (Fsp3) is 1.00. The van der Waals surface area contributed by atoms with Crippen molar-refractivity contribution in [1.82, 2.24) is 0 Å². The normalized spacial score (nSPS) is 28.1. The van der Waals surface area contributed by atoms with E-state index in [1.54, 1.807) is 0 Å². The second-order valence-electron chi connectivity index (χ2n) is 6.32. The van der Waals surface area contributed by atoms with Crippen LogP contribution in [0.5, 0.6) is 0 Å². The molecule has 1 heterocycles. The minimum absolute atomic E-state index is 0.173. The molecule has 4 heteroatoms. The Bertz CT molecular complexity index is 223. The summed E-state index contributed by atoms with van der Waals surface area (Å²) in [7, 11) is -1.70. The van der Waals surface area contributed by atoms with Crippen LogP contribution >= 0.6 is 0 Å². The lowest BCUT2D eigenvalue weighted by molar-refractivity contribution is -0.0429. The quantitative estimate of drug-likeness (QED) is 0.777. The molecular weight excluding hydrogens is 220 g/mol. The fourth-order valence-corrected chi connectivity index (χ4v) is 3.03. The molecule has 1 aliphatic rings. The minimum atomic E-state index is -1.70. The van der Waals surface area contributed by atoms with E-state index >= 15 is 0 Å². The second kappa shape index (κ2) is 5.17. The van der Waals surface area contributed by atoms with Gasteiger partial charge in [-0.1, -0.05) is 20.8 Å². The zero-order chi connectivity index (χ0) is 12.4. The van der Waals surface area contributed by atoms with Crippen molar-refractivity contribution in [3.8, 4) is 0 Å². The summed E-state index contributed by atoms with van der Waals surface area (Å²) in [6, 6.07) is 0. The highest BCUT2D eigenvalue weighted by atomic mass is 28.4. The number of hydrogen-bond donors (Lipinski definition) is 1. The number of rotatable bonds is 3. The van der Waals surface area contributed by atoms with Gasteiger partial charge in [0.25, 0.3) is 0 Å². The average Bonchev–Trinajstić information content (AvgIpc) is 2.15. The van der Waals surface area contributed by atoms with Crippen LogP contribution in [0.15, 0.2) is 0 Å². The molecule has 0 spiro atoms. The van der Waals surface area contributed by atoms with Crippen molar-refractivity contribution >= 4 is 8.32 Å². The third-order valence-electron chi connectivity index (χ3n) is 3.78. The molecule has 96 valence electrons. The van der Waals surface area contributed by atoms with Crippen molar-refractivity contribution in [3.05, 3.63) is 0 Å². The Morgan fingerprint density at radius 3 is 2.44 bits per heavy atom. The zero-order valence-corrected chi connectivity index (χ0v) is 12.2. The molecule has 3 nitrogen and oxygen atoms in total. The van der Waals surface area contributed by atoms with Crippen molar-refractivity contribution < 1.29 is 14.3 Å².